The van der Waals surface area contributed by atoms with Gasteiger partial charge < -0.3 is 15.7 Å². The van der Waals surface area contributed by atoms with Crippen molar-refractivity contribution in [2.45, 2.75) is 20.0 Å². The number of aryl methyl sites for hydroxylation is 2. The highest BCUT2D eigenvalue weighted by Crippen LogP contribution is 2.43. The first-order chi connectivity index (χ1) is 11.5. The Bertz CT molecular complexity index is 999. The maximum atomic E-state index is 12.6. The third kappa shape index (κ3) is 2.19. The molecule has 1 aliphatic rings. The number of para-hydroxylation sites is 1. The van der Waals surface area contributed by atoms with E-state index in [4.69, 9.17) is 0 Å². The number of hydrogen-bond donors (Lipinski definition) is 3. The van der Waals surface area contributed by atoms with E-state index in [0.29, 0.717) is 10.4 Å². The molecular formula is C17H14BrN3O2S. The number of thiophene rings is 1. The van der Waals surface area contributed by atoms with Crippen LogP contribution >= 0.6 is 27.3 Å². The number of pyridine rings is 1. The van der Waals surface area contributed by atoms with Gasteiger partial charge in [-0.1, -0.05) is 18.2 Å². The van der Waals surface area contributed by atoms with E-state index < -0.39 is 6.17 Å². The Morgan fingerprint density at radius 3 is 2.75 bits per heavy atom. The first kappa shape index (κ1) is 15.4. The molecule has 1 atom stereocenters. The number of aromatic hydroxyl groups is 1. The van der Waals surface area contributed by atoms with Crippen LogP contribution in [0.15, 0.2) is 28.7 Å². The number of carbonyl (C=O) groups excluding carboxylic acids is 1. The first-order valence-electron chi connectivity index (χ1n) is 7.42. The van der Waals surface area contributed by atoms with Crippen molar-refractivity contribution in [3.8, 4) is 5.75 Å². The van der Waals surface area contributed by atoms with Gasteiger partial charge in [0, 0.05) is 15.4 Å². The van der Waals surface area contributed by atoms with E-state index in [9.17, 15) is 9.90 Å². The predicted molar refractivity (Wildman–Crippen MR) is 98.7 cm³/mol. The second-order valence-corrected chi connectivity index (χ2v) is 7.52. The molecule has 1 unspecified atom stereocenters. The largest absolute Gasteiger partial charge is 0.508 e. The molecule has 7 heteroatoms. The molecule has 0 aliphatic carbocycles. The van der Waals surface area contributed by atoms with Crippen molar-refractivity contribution < 1.29 is 9.90 Å². The number of anilines is 1. The van der Waals surface area contributed by atoms with Gasteiger partial charge in [0.15, 0.2) is 0 Å². The average molecular weight is 404 g/mol. The second-order valence-electron chi connectivity index (χ2n) is 5.73. The van der Waals surface area contributed by atoms with E-state index in [2.05, 4.69) is 31.5 Å². The smallest absolute Gasteiger partial charge is 0.265 e. The normalized spacial score (nSPS) is 16.6. The van der Waals surface area contributed by atoms with Gasteiger partial charge >= 0.3 is 0 Å². The minimum Gasteiger partial charge on any atom is -0.508 e. The number of hydrogen-bond acceptors (Lipinski definition) is 5. The fourth-order valence-corrected chi connectivity index (χ4v) is 4.42. The van der Waals surface area contributed by atoms with E-state index in [1.807, 2.05) is 19.9 Å². The zero-order chi connectivity index (χ0) is 17.0. The van der Waals surface area contributed by atoms with Gasteiger partial charge in [-0.2, -0.15) is 0 Å². The molecule has 0 bridgehead atoms. The molecule has 1 aliphatic heterocycles. The molecule has 3 heterocycles. The van der Waals surface area contributed by atoms with Crippen LogP contribution in [-0.4, -0.2) is 16.0 Å². The van der Waals surface area contributed by atoms with Gasteiger partial charge in [0.25, 0.3) is 5.91 Å². The number of benzene rings is 1. The van der Waals surface area contributed by atoms with Crippen LogP contribution < -0.4 is 10.6 Å². The van der Waals surface area contributed by atoms with Crippen LogP contribution in [-0.2, 0) is 0 Å². The molecular weight excluding hydrogens is 390 g/mol. The Morgan fingerprint density at radius 2 is 2.00 bits per heavy atom. The van der Waals surface area contributed by atoms with E-state index in [1.165, 1.54) is 11.3 Å². The molecule has 2 aromatic heterocycles. The Labute approximate surface area is 150 Å². The van der Waals surface area contributed by atoms with Gasteiger partial charge in [-0.25, -0.2) is 4.98 Å². The SMILES string of the molecule is Cc1nc2sc3c(c2c(C)c1Br)NC(c1ccccc1O)NC3=O. The highest BCUT2D eigenvalue weighted by Gasteiger charge is 2.31. The van der Waals surface area contributed by atoms with E-state index in [1.54, 1.807) is 18.2 Å². The van der Waals surface area contributed by atoms with Crippen LogP contribution in [0.4, 0.5) is 5.69 Å². The summed E-state index contributed by atoms with van der Waals surface area (Å²) in [4.78, 5) is 18.6. The lowest BCUT2D eigenvalue weighted by molar-refractivity contribution is 0.0940. The van der Waals surface area contributed by atoms with Crippen molar-refractivity contribution in [2.75, 3.05) is 5.32 Å². The standard InChI is InChI=1S/C17H14BrN3O2S/c1-7-11-13-14(24-17(11)19-8(2)12(7)18)16(23)21-15(20-13)9-5-3-4-6-10(9)22/h3-6,15,20,22H,1-2H3,(H,21,23). The van der Waals surface area contributed by atoms with E-state index >= 15 is 0 Å². The molecule has 122 valence electrons. The Morgan fingerprint density at radius 1 is 1.25 bits per heavy atom. The minimum atomic E-state index is -0.483. The third-order valence-electron chi connectivity index (χ3n) is 4.20. The third-order valence-corrected chi connectivity index (χ3v) is 6.45. The maximum Gasteiger partial charge on any atom is 0.265 e. The summed E-state index contributed by atoms with van der Waals surface area (Å²) < 4.78 is 0.947. The quantitative estimate of drug-likeness (QED) is 0.568. The Kier molecular flexibility index (Phi) is 3.51. The number of carbonyl (C=O) groups is 1. The molecule has 0 saturated carbocycles. The van der Waals surface area contributed by atoms with Crippen LogP contribution in [0.3, 0.4) is 0 Å². The molecule has 1 aromatic carbocycles. The molecule has 1 amide bonds. The van der Waals surface area contributed by atoms with Crippen molar-refractivity contribution in [1.82, 2.24) is 10.3 Å². The Balaban J connectivity index is 1.91. The Hall–Kier alpha value is -2.12. The number of amides is 1. The number of phenols is 1. The fourth-order valence-electron chi connectivity index (χ4n) is 2.99. The van der Waals surface area contributed by atoms with Gasteiger partial charge in [-0.3, -0.25) is 4.79 Å². The summed E-state index contributed by atoms with van der Waals surface area (Å²) in [5.74, 6) is -0.0154. The number of phenolic OH excluding ortho intramolecular Hbond substituents is 1. The summed E-state index contributed by atoms with van der Waals surface area (Å²) >= 11 is 4.95. The maximum absolute atomic E-state index is 12.6. The lowest BCUT2D eigenvalue weighted by Crippen LogP contribution is -2.37. The summed E-state index contributed by atoms with van der Waals surface area (Å²) in [7, 11) is 0. The molecule has 4 rings (SSSR count). The van der Waals surface area contributed by atoms with Crippen LogP contribution in [0.5, 0.6) is 5.75 Å². The summed E-state index contributed by atoms with van der Waals surface area (Å²) in [5.41, 5.74) is 3.36. The van der Waals surface area contributed by atoms with Gasteiger partial charge in [-0.15, -0.1) is 11.3 Å². The van der Waals surface area contributed by atoms with Crippen LogP contribution in [0.2, 0.25) is 0 Å². The number of nitrogens with zero attached hydrogens (tertiary/aromatic N) is 1. The summed E-state index contributed by atoms with van der Waals surface area (Å²) in [6.45, 7) is 3.95. The number of aromatic nitrogens is 1. The topological polar surface area (TPSA) is 74.2 Å². The lowest BCUT2D eigenvalue weighted by atomic mass is 10.1. The monoisotopic (exact) mass is 403 g/mol. The highest BCUT2D eigenvalue weighted by molar-refractivity contribution is 9.10. The molecule has 0 fully saturated rings. The second kappa shape index (κ2) is 5.46. The molecule has 3 N–H and O–H groups in total. The van der Waals surface area contributed by atoms with Gasteiger partial charge in [0.1, 0.15) is 21.6 Å². The van der Waals surface area contributed by atoms with E-state index in [-0.39, 0.29) is 11.7 Å². The molecule has 3 aromatic rings. The van der Waals surface area contributed by atoms with Crippen molar-refractivity contribution in [3.05, 3.63) is 50.4 Å². The fraction of sp³-hybridized carbons (Fsp3) is 0.176. The zero-order valence-corrected chi connectivity index (χ0v) is 15.4. The number of fused-ring (bicyclic) bond motifs is 3. The van der Waals surface area contributed by atoms with Crippen molar-refractivity contribution >= 4 is 49.1 Å². The molecule has 0 radical (unpaired) electrons. The van der Waals surface area contributed by atoms with Gasteiger partial charge in [0.2, 0.25) is 0 Å². The summed E-state index contributed by atoms with van der Waals surface area (Å²) in [6, 6.07) is 6.98. The van der Waals surface area contributed by atoms with Crippen LogP contribution in [0, 0.1) is 13.8 Å². The zero-order valence-electron chi connectivity index (χ0n) is 13.0. The molecule has 0 spiro atoms. The van der Waals surface area contributed by atoms with Crippen molar-refractivity contribution in [3.63, 3.8) is 0 Å². The van der Waals surface area contributed by atoms with Crippen LogP contribution in [0.25, 0.3) is 10.2 Å². The summed E-state index contributed by atoms with van der Waals surface area (Å²) in [6.07, 6.45) is -0.483. The summed E-state index contributed by atoms with van der Waals surface area (Å²) in [5, 5.41) is 17.3. The van der Waals surface area contributed by atoms with Crippen molar-refractivity contribution in [2.24, 2.45) is 0 Å². The molecule has 5 nitrogen and oxygen atoms in total. The van der Waals surface area contributed by atoms with Gasteiger partial charge in [-0.05, 0) is 41.4 Å². The predicted octanol–water partition coefficient (Wildman–Crippen LogP) is 4.24. The van der Waals surface area contributed by atoms with Gasteiger partial charge in [0.05, 0.1) is 11.4 Å². The molecule has 0 saturated heterocycles. The van der Waals surface area contributed by atoms with Crippen molar-refractivity contribution in [1.29, 1.82) is 0 Å². The number of rotatable bonds is 1. The lowest BCUT2D eigenvalue weighted by Gasteiger charge is -2.27. The van der Waals surface area contributed by atoms with Crippen LogP contribution in [0.1, 0.15) is 32.7 Å². The first-order valence-corrected chi connectivity index (χ1v) is 9.03. The highest BCUT2D eigenvalue weighted by atomic mass is 79.9. The number of halogens is 1. The number of nitrogens with one attached hydrogen (secondary N) is 2. The molecule has 24 heavy (non-hydrogen) atoms. The minimum absolute atomic E-state index is 0.144. The average Bonchev–Trinajstić information content (AvgIpc) is 2.92. The van der Waals surface area contributed by atoms with E-state index in [0.717, 1.165) is 31.6 Å².